The van der Waals surface area contributed by atoms with Crippen LogP contribution in [0.1, 0.15) is 19.4 Å². The standard InChI is InChI=1S/C26H26F2N4O/c1-4-7-29-24(17(2)3)13-18-12-21(23(28)15-22(18)27)26-20-6-5-19(14-25(20)30-16-31-26)32-8-10-33-11-9-32/h4-7,12,14-16H,1,8-11,13H2,2-3H3. The van der Waals surface area contributed by atoms with Crippen LogP contribution in [0.4, 0.5) is 14.5 Å². The zero-order valence-corrected chi connectivity index (χ0v) is 18.8. The summed E-state index contributed by atoms with van der Waals surface area (Å²) in [6, 6.07) is 8.29. The van der Waals surface area contributed by atoms with E-state index in [2.05, 4.69) is 26.4 Å². The summed E-state index contributed by atoms with van der Waals surface area (Å²) >= 11 is 0. The zero-order chi connectivity index (χ0) is 23.4. The van der Waals surface area contributed by atoms with E-state index < -0.39 is 11.6 Å². The number of allylic oxidation sites excluding steroid dienone is 3. The van der Waals surface area contributed by atoms with Gasteiger partial charge in [-0.05, 0) is 43.7 Å². The van der Waals surface area contributed by atoms with Gasteiger partial charge in [0.25, 0.3) is 0 Å². The minimum atomic E-state index is -0.665. The Balaban J connectivity index is 1.76. The van der Waals surface area contributed by atoms with Gasteiger partial charge in [0.05, 0.1) is 24.4 Å². The van der Waals surface area contributed by atoms with Gasteiger partial charge < -0.3 is 9.64 Å². The van der Waals surface area contributed by atoms with Crippen LogP contribution in [-0.2, 0) is 11.2 Å². The van der Waals surface area contributed by atoms with Crippen molar-refractivity contribution in [2.45, 2.75) is 20.3 Å². The first-order valence-electron chi connectivity index (χ1n) is 10.8. The first kappa shape index (κ1) is 22.7. The van der Waals surface area contributed by atoms with Crippen molar-refractivity contribution in [3.05, 3.63) is 77.8 Å². The number of hydrogen-bond donors (Lipinski definition) is 0. The Labute approximate surface area is 192 Å². The average Bonchev–Trinajstić information content (AvgIpc) is 2.82. The minimum Gasteiger partial charge on any atom is -0.378 e. The van der Waals surface area contributed by atoms with E-state index in [1.165, 1.54) is 12.4 Å². The summed E-state index contributed by atoms with van der Waals surface area (Å²) in [5.74, 6) is -1.28. The monoisotopic (exact) mass is 448 g/mol. The molecule has 0 saturated carbocycles. The third kappa shape index (κ3) is 4.98. The van der Waals surface area contributed by atoms with Crippen molar-refractivity contribution in [3.8, 4) is 11.3 Å². The van der Waals surface area contributed by atoms with Crippen LogP contribution < -0.4 is 4.90 Å². The molecule has 5 nitrogen and oxygen atoms in total. The van der Waals surface area contributed by atoms with Crippen LogP contribution in [0.2, 0.25) is 0 Å². The predicted octanol–water partition coefficient (Wildman–Crippen LogP) is 5.50. The summed E-state index contributed by atoms with van der Waals surface area (Å²) in [7, 11) is 0. The number of halogens is 2. The molecule has 1 fully saturated rings. The Morgan fingerprint density at radius 1 is 1.12 bits per heavy atom. The van der Waals surface area contributed by atoms with E-state index in [1.54, 1.807) is 12.3 Å². The maximum atomic E-state index is 14.9. The molecule has 0 unspecified atom stereocenters. The molecular weight excluding hydrogens is 422 g/mol. The van der Waals surface area contributed by atoms with Gasteiger partial charge in [-0.3, -0.25) is 4.99 Å². The molecule has 4 rings (SSSR count). The highest BCUT2D eigenvalue weighted by Gasteiger charge is 2.18. The number of rotatable bonds is 6. The van der Waals surface area contributed by atoms with Crippen molar-refractivity contribution in [2.24, 2.45) is 4.99 Å². The Morgan fingerprint density at radius 3 is 2.64 bits per heavy atom. The van der Waals surface area contributed by atoms with Gasteiger partial charge in [-0.2, -0.15) is 0 Å². The molecule has 1 aliphatic heterocycles. The summed E-state index contributed by atoms with van der Waals surface area (Å²) in [4.78, 5) is 15.3. The highest BCUT2D eigenvalue weighted by atomic mass is 19.1. The molecule has 170 valence electrons. The van der Waals surface area contributed by atoms with Gasteiger partial charge in [-0.1, -0.05) is 18.2 Å². The molecule has 0 atom stereocenters. The third-order valence-corrected chi connectivity index (χ3v) is 5.66. The average molecular weight is 449 g/mol. The lowest BCUT2D eigenvalue weighted by Crippen LogP contribution is -2.36. The Morgan fingerprint density at radius 2 is 1.91 bits per heavy atom. The smallest absolute Gasteiger partial charge is 0.135 e. The molecule has 7 heteroatoms. The lowest BCUT2D eigenvalue weighted by Gasteiger charge is -2.29. The second kappa shape index (κ2) is 10.0. The Hall–Kier alpha value is -3.45. The third-order valence-electron chi connectivity index (χ3n) is 5.66. The number of morpholine rings is 1. The fourth-order valence-electron chi connectivity index (χ4n) is 3.86. The van der Waals surface area contributed by atoms with Crippen LogP contribution in [-0.4, -0.2) is 42.5 Å². The fourth-order valence-corrected chi connectivity index (χ4v) is 3.86. The quantitative estimate of drug-likeness (QED) is 0.467. The van der Waals surface area contributed by atoms with Crippen molar-refractivity contribution in [1.82, 2.24) is 9.97 Å². The molecular formula is C26H26F2N4O. The number of benzene rings is 2. The number of aromatic nitrogens is 2. The SMILES string of the molecule is C=CC=NC(Cc1cc(-c2ncnc3cc(N4CCOCC4)ccc23)c(F)cc1F)=C(C)C. The van der Waals surface area contributed by atoms with Crippen LogP contribution in [0.15, 0.2) is 65.6 Å². The summed E-state index contributed by atoms with van der Waals surface area (Å²) in [5, 5.41) is 0.707. The van der Waals surface area contributed by atoms with Crippen LogP contribution in [0.3, 0.4) is 0 Å². The summed E-state index contributed by atoms with van der Waals surface area (Å²) in [6.07, 6.45) is 4.78. The summed E-state index contributed by atoms with van der Waals surface area (Å²) in [6.45, 7) is 10.4. The maximum absolute atomic E-state index is 14.9. The zero-order valence-electron chi connectivity index (χ0n) is 18.8. The second-order valence-corrected chi connectivity index (χ2v) is 8.08. The van der Waals surface area contributed by atoms with E-state index in [-0.39, 0.29) is 12.0 Å². The Kier molecular flexibility index (Phi) is 6.89. The maximum Gasteiger partial charge on any atom is 0.135 e. The van der Waals surface area contributed by atoms with E-state index >= 15 is 0 Å². The van der Waals surface area contributed by atoms with E-state index in [9.17, 15) is 8.78 Å². The molecule has 0 aliphatic carbocycles. The molecule has 1 aliphatic rings. The molecule has 1 aromatic heterocycles. The largest absolute Gasteiger partial charge is 0.378 e. The Bertz CT molecular complexity index is 1240. The summed E-state index contributed by atoms with van der Waals surface area (Å²) < 4.78 is 35.0. The molecule has 2 heterocycles. The van der Waals surface area contributed by atoms with Gasteiger partial charge in [0, 0.05) is 54.1 Å². The molecule has 0 amide bonds. The van der Waals surface area contributed by atoms with Crippen molar-refractivity contribution in [2.75, 3.05) is 31.2 Å². The van der Waals surface area contributed by atoms with Gasteiger partial charge >= 0.3 is 0 Å². The molecule has 2 aromatic carbocycles. The number of fused-ring (bicyclic) bond motifs is 1. The van der Waals surface area contributed by atoms with Crippen LogP contribution in [0, 0.1) is 11.6 Å². The van der Waals surface area contributed by atoms with E-state index in [0.29, 0.717) is 41.1 Å². The molecule has 0 radical (unpaired) electrons. The van der Waals surface area contributed by atoms with Crippen molar-refractivity contribution >= 4 is 22.8 Å². The lowest BCUT2D eigenvalue weighted by atomic mass is 9.99. The van der Waals surface area contributed by atoms with Crippen molar-refractivity contribution in [1.29, 1.82) is 0 Å². The van der Waals surface area contributed by atoms with Gasteiger partial charge in [0.15, 0.2) is 0 Å². The number of hydrogen-bond acceptors (Lipinski definition) is 5. The highest BCUT2D eigenvalue weighted by Crippen LogP contribution is 2.32. The molecule has 33 heavy (non-hydrogen) atoms. The number of nitrogens with zero attached hydrogens (tertiary/aromatic N) is 4. The first-order valence-corrected chi connectivity index (χ1v) is 10.8. The van der Waals surface area contributed by atoms with Gasteiger partial charge in [0.1, 0.15) is 18.0 Å². The molecule has 3 aromatic rings. The topological polar surface area (TPSA) is 50.6 Å². The predicted molar refractivity (Wildman–Crippen MR) is 129 cm³/mol. The minimum absolute atomic E-state index is 0.232. The second-order valence-electron chi connectivity index (χ2n) is 8.08. The molecule has 0 spiro atoms. The first-order chi connectivity index (χ1) is 16.0. The lowest BCUT2D eigenvalue weighted by molar-refractivity contribution is 0.122. The normalized spacial score (nSPS) is 14.1. The van der Waals surface area contributed by atoms with Crippen molar-refractivity contribution < 1.29 is 13.5 Å². The number of ether oxygens (including phenoxy) is 1. The van der Waals surface area contributed by atoms with Gasteiger partial charge in [-0.25, -0.2) is 18.7 Å². The highest BCUT2D eigenvalue weighted by molar-refractivity contribution is 5.94. The molecule has 0 N–H and O–H groups in total. The fraction of sp³-hybridized carbons (Fsp3) is 0.269. The van der Waals surface area contributed by atoms with Crippen LogP contribution >= 0.6 is 0 Å². The van der Waals surface area contributed by atoms with Crippen LogP contribution in [0.5, 0.6) is 0 Å². The van der Waals surface area contributed by atoms with E-state index in [4.69, 9.17) is 4.74 Å². The van der Waals surface area contributed by atoms with Gasteiger partial charge in [-0.15, -0.1) is 0 Å². The van der Waals surface area contributed by atoms with E-state index in [0.717, 1.165) is 30.4 Å². The van der Waals surface area contributed by atoms with Gasteiger partial charge in [0.2, 0.25) is 0 Å². The summed E-state index contributed by atoms with van der Waals surface area (Å²) in [5.41, 5.74) is 4.40. The molecule has 1 saturated heterocycles. The number of aliphatic imine (C=N–C) groups is 1. The van der Waals surface area contributed by atoms with E-state index in [1.807, 2.05) is 32.0 Å². The van der Waals surface area contributed by atoms with Crippen molar-refractivity contribution in [3.63, 3.8) is 0 Å². The molecule has 0 bridgehead atoms. The van der Waals surface area contributed by atoms with Crippen LogP contribution in [0.25, 0.3) is 22.2 Å². The number of anilines is 1.